The Morgan fingerprint density at radius 2 is 2.40 bits per heavy atom. The predicted molar refractivity (Wildman–Crippen MR) is 54.7 cm³/mol. The van der Waals surface area contributed by atoms with Crippen molar-refractivity contribution in [2.45, 2.75) is 18.9 Å². The van der Waals surface area contributed by atoms with Gasteiger partial charge in [0.05, 0.1) is 6.54 Å². The van der Waals surface area contributed by atoms with E-state index in [2.05, 4.69) is 5.32 Å². The van der Waals surface area contributed by atoms with Crippen molar-refractivity contribution in [3.05, 3.63) is 35.1 Å². The molecule has 0 bridgehead atoms. The standard InChI is InChI=1S/C11H13FN2O/c12-8-2-3-9-7(5-8)1-4-10(9)14-6-11(13)15/h2-3,5,10,14H,1,4,6H2,(H2,13,15). The van der Waals surface area contributed by atoms with Gasteiger partial charge in [-0.1, -0.05) is 6.07 Å². The Bertz CT molecular complexity index is 392. The summed E-state index contributed by atoms with van der Waals surface area (Å²) in [5.74, 6) is -0.574. The largest absolute Gasteiger partial charge is 0.369 e. The molecule has 2 rings (SSSR count). The number of fused-ring (bicyclic) bond motifs is 1. The maximum atomic E-state index is 12.9. The Hall–Kier alpha value is -1.42. The molecular weight excluding hydrogens is 195 g/mol. The number of rotatable bonds is 3. The first-order valence-electron chi connectivity index (χ1n) is 4.97. The summed E-state index contributed by atoms with van der Waals surface area (Å²) in [5, 5.41) is 3.06. The van der Waals surface area contributed by atoms with E-state index >= 15 is 0 Å². The van der Waals surface area contributed by atoms with E-state index in [1.807, 2.05) is 0 Å². The summed E-state index contributed by atoms with van der Waals surface area (Å²) in [6, 6.07) is 4.91. The minimum atomic E-state index is -0.370. The molecule has 4 heteroatoms. The van der Waals surface area contributed by atoms with E-state index in [9.17, 15) is 9.18 Å². The molecule has 0 fully saturated rings. The molecule has 0 saturated carbocycles. The van der Waals surface area contributed by atoms with Crippen LogP contribution in [0.3, 0.4) is 0 Å². The molecule has 0 aromatic heterocycles. The molecule has 3 nitrogen and oxygen atoms in total. The number of carbonyl (C=O) groups is 1. The molecule has 80 valence electrons. The Labute approximate surface area is 87.5 Å². The number of aryl methyl sites for hydroxylation is 1. The molecule has 1 unspecified atom stereocenters. The summed E-state index contributed by atoms with van der Waals surface area (Å²) in [6.07, 6.45) is 1.75. The molecule has 3 N–H and O–H groups in total. The number of primary amides is 1. The predicted octanol–water partition coefficient (Wildman–Crippen LogP) is 0.888. The van der Waals surface area contributed by atoms with Gasteiger partial charge < -0.3 is 11.1 Å². The smallest absolute Gasteiger partial charge is 0.231 e. The van der Waals surface area contributed by atoms with E-state index in [4.69, 9.17) is 5.73 Å². The average Bonchev–Trinajstić information content (AvgIpc) is 2.57. The SMILES string of the molecule is NC(=O)CNC1CCc2cc(F)ccc21. The third-order valence-corrected chi connectivity index (χ3v) is 2.71. The zero-order chi connectivity index (χ0) is 10.8. The van der Waals surface area contributed by atoms with Crippen LogP contribution < -0.4 is 11.1 Å². The molecule has 0 saturated heterocycles. The Balaban J connectivity index is 2.11. The topological polar surface area (TPSA) is 55.1 Å². The van der Waals surface area contributed by atoms with Gasteiger partial charge in [0, 0.05) is 6.04 Å². The van der Waals surface area contributed by atoms with Crippen LogP contribution in [0.2, 0.25) is 0 Å². The van der Waals surface area contributed by atoms with Crippen molar-refractivity contribution in [3.63, 3.8) is 0 Å². The highest BCUT2D eigenvalue weighted by Crippen LogP contribution is 2.31. The van der Waals surface area contributed by atoms with E-state index in [0.717, 1.165) is 24.0 Å². The number of nitrogens with one attached hydrogen (secondary N) is 1. The molecular formula is C11H13FN2O. The lowest BCUT2D eigenvalue weighted by Gasteiger charge is -2.12. The highest BCUT2D eigenvalue weighted by Gasteiger charge is 2.22. The van der Waals surface area contributed by atoms with E-state index in [1.165, 1.54) is 6.07 Å². The van der Waals surface area contributed by atoms with Gasteiger partial charge in [0.25, 0.3) is 0 Å². The molecule has 1 amide bonds. The van der Waals surface area contributed by atoms with Gasteiger partial charge in [-0.3, -0.25) is 4.79 Å². The van der Waals surface area contributed by atoms with Crippen LogP contribution in [0.1, 0.15) is 23.6 Å². The van der Waals surface area contributed by atoms with Gasteiger partial charge in [-0.05, 0) is 36.1 Å². The van der Waals surface area contributed by atoms with Crippen molar-refractivity contribution in [1.29, 1.82) is 0 Å². The van der Waals surface area contributed by atoms with Crippen molar-refractivity contribution in [2.24, 2.45) is 5.73 Å². The van der Waals surface area contributed by atoms with Crippen LogP contribution in [0.25, 0.3) is 0 Å². The summed E-state index contributed by atoms with van der Waals surface area (Å²) in [5.41, 5.74) is 7.16. The Morgan fingerprint density at radius 1 is 1.60 bits per heavy atom. The zero-order valence-corrected chi connectivity index (χ0v) is 8.29. The fourth-order valence-corrected chi connectivity index (χ4v) is 2.02. The number of carbonyl (C=O) groups excluding carboxylic acids is 1. The van der Waals surface area contributed by atoms with Crippen LogP contribution >= 0.6 is 0 Å². The number of benzene rings is 1. The van der Waals surface area contributed by atoms with Crippen molar-refractivity contribution in [2.75, 3.05) is 6.54 Å². The van der Waals surface area contributed by atoms with E-state index < -0.39 is 0 Å². The molecule has 0 aliphatic heterocycles. The van der Waals surface area contributed by atoms with Crippen LogP contribution in [-0.4, -0.2) is 12.5 Å². The fourth-order valence-electron chi connectivity index (χ4n) is 2.02. The summed E-state index contributed by atoms with van der Waals surface area (Å²) in [6.45, 7) is 0.168. The van der Waals surface area contributed by atoms with E-state index in [-0.39, 0.29) is 24.3 Å². The second-order valence-corrected chi connectivity index (χ2v) is 3.78. The summed E-state index contributed by atoms with van der Waals surface area (Å²) in [4.78, 5) is 10.6. The molecule has 15 heavy (non-hydrogen) atoms. The van der Waals surface area contributed by atoms with Crippen LogP contribution in [0.4, 0.5) is 4.39 Å². The first-order valence-corrected chi connectivity index (χ1v) is 4.97. The summed E-state index contributed by atoms with van der Waals surface area (Å²) >= 11 is 0. The molecule has 1 aliphatic carbocycles. The molecule has 1 aliphatic rings. The molecule has 1 aromatic carbocycles. The van der Waals surface area contributed by atoms with Gasteiger partial charge in [0.1, 0.15) is 5.82 Å². The molecule has 0 heterocycles. The van der Waals surface area contributed by atoms with Crippen LogP contribution in [0.5, 0.6) is 0 Å². The van der Waals surface area contributed by atoms with E-state index in [0.29, 0.717) is 0 Å². The highest BCUT2D eigenvalue weighted by atomic mass is 19.1. The average molecular weight is 208 g/mol. The lowest BCUT2D eigenvalue weighted by atomic mass is 10.1. The second-order valence-electron chi connectivity index (χ2n) is 3.78. The maximum absolute atomic E-state index is 12.9. The van der Waals surface area contributed by atoms with Gasteiger partial charge in [0.2, 0.25) is 5.91 Å². The van der Waals surface area contributed by atoms with Crippen molar-refractivity contribution in [3.8, 4) is 0 Å². The Morgan fingerprint density at radius 3 is 3.13 bits per heavy atom. The van der Waals surface area contributed by atoms with Crippen LogP contribution in [0, 0.1) is 5.82 Å². The highest BCUT2D eigenvalue weighted by molar-refractivity contribution is 5.75. The fraction of sp³-hybridized carbons (Fsp3) is 0.364. The number of nitrogens with two attached hydrogens (primary N) is 1. The summed E-state index contributed by atoms with van der Waals surface area (Å²) in [7, 11) is 0. The monoisotopic (exact) mass is 208 g/mol. The van der Waals surface area contributed by atoms with Crippen molar-refractivity contribution in [1.82, 2.24) is 5.32 Å². The Kier molecular flexibility index (Phi) is 2.68. The quantitative estimate of drug-likeness (QED) is 0.775. The number of hydrogen-bond donors (Lipinski definition) is 2. The third kappa shape index (κ3) is 2.15. The zero-order valence-electron chi connectivity index (χ0n) is 8.29. The number of halogens is 1. The van der Waals surface area contributed by atoms with Crippen LogP contribution in [-0.2, 0) is 11.2 Å². The molecule has 1 aromatic rings. The first-order chi connectivity index (χ1) is 7.16. The van der Waals surface area contributed by atoms with E-state index in [1.54, 1.807) is 12.1 Å². The van der Waals surface area contributed by atoms with Gasteiger partial charge in [-0.2, -0.15) is 0 Å². The van der Waals surface area contributed by atoms with Gasteiger partial charge in [0.15, 0.2) is 0 Å². The maximum Gasteiger partial charge on any atom is 0.231 e. The molecule has 0 spiro atoms. The van der Waals surface area contributed by atoms with Gasteiger partial charge >= 0.3 is 0 Å². The van der Waals surface area contributed by atoms with Crippen molar-refractivity contribution < 1.29 is 9.18 Å². The first kappa shape index (κ1) is 10.1. The second kappa shape index (κ2) is 3.98. The lowest BCUT2D eigenvalue weighted by molar-refractivity contribution is -0.117. The van der Waals surface area contributed by atoms with Crippen molar-refractivity contribution >= 4 is 5.91 Å². The minimum Gasteiger partial charge on any atom is -0.369 e. The lowest BCUT2D eigenvalue weighted by Crippen LogP contribution is -2.30. The molecule has 0 radical (unpaired) electrons. The number of hydrogen-bond acceptors (Lipinski definition) is 2. The number of amides is 1. The molecule has 1 atom stereocenters. The van der Waals surface area contributed by atoms with Gasteiger partial charge in [-0.15, -0.1) is 0 Å². The summed E-state index contributed by atoms with van der Waals surface area (Å²) < 4.78 is 12.9. The normalized spacial score (nSPS) is 18.9. The van der Waals surface area contributed by atoms with Crippen LogP contribution in [0.15, 0.2) is 18.2 Å². The minimum absolute atomic E-state index is 0.132. The van der Waals surface area contributed by atoms with Gasteiger partial charge in [-0.25, -0.2) is 4.39 Å². The third-order valence-electron chi connectivity index (χ3n) is 2.71.